The van der Waals surface area contributed by atoms with E-state index in [9.17, 15) is 24.6 Å². The predicted molar refractivity (Wildman–Crippen MR) is 65.4 cm³/mol. The highest BCUT2D eigenvalue weighted by Crippen LogP contribution is 2.51. The van der Waals surface area contributed by atoms with Crippen LogP contribution in [0, 0.1) is 10.8 Å². The van der Waals surface area contributed by atoms with Crippen LogP contribution in [0.5, 0.6) is 0 Å². The van der Waals surface area contributed by atoms with Crippen molar-refractivity contribution >= 4 is 17.7 Å². The first-order valence-electron chi connectivity index (χ1n) is 5.81. The van der Waals surface area contributed by atoms with Gasteiger partial charge in [0, 0.05) is 6.61 Å². The van der Waals surface area contributed by atoms with E-state index in [1.807, 2.05) is 0 Å². The molecule has 3 N–H and O–H groups in total. The van der Waals surface area contributed by atoms with E-state index in [2.05, 4.69) is 6.58 Å². The number of carbonyl (C=O) groups is 3. The summed E-state index contributed by atoms with van der Waals surface area (Å²) in [5.41, 5.74) is -4.06. The highest BCUT2D eigenvalue weighted by atomic mass is 16.4. The van der Waals surface area contributed by atoms with Gasteiger partial charge >= 0.3 is 11.9 Å². The topological polar surface area (TPSA) is 112 Å². The fraction of sp³-hybridized carbons (Fsp3) is 0.462. The molecule has 1 rings (SSSR count). The third kappa shape index (κ3) is 1.98. The number of carboxylic acids is 2. The van der Waals surface area contributed by atoms with Crippen molar-refractivity contribution in [3.8, 4) is 0 Å². The van der Waals surface area contributed by atoms with Crippen LogP contribution in [-0.4, -0.2) is 39.6 Å². The van der Waals surface area contributed by atoms with Crippen molar-refractivity contribution in [2.45, 2.75) is 19.3 Å². The minimum Gasteiger partial charge on any atom is -0.481 e. The Kier molecular flexibility index (Phi) is 4.26. The number of hydrogen-bond donors (Lipinski definition) is 3. The van der Waals surface area contributed by atoms with Gasteiger partial charge in [0.15, 0.2) is 5.78 Å². The van der Waals surface area contributed by atoms with E-state index < -0.39 is 35.2 Å². The fourth-order valence-corrected chi connectivity index (χ4v) is 2.70. The molecule has 19 heavy (non-hydrogen) atoms. The minimum absolute atomic E-state index is 0.129. The molecule has 0 aromatic carbocycles. The summed E-state index contributed by atoms with van der Waals surface area (Å²) in [4.78, 5) is 35.3. The molecular weight excluding hydrogens is 252 g/mol. The molecule has 2 atom stereocenters. The number of ketones is 1. The molecule has 2 unspecified atom stereocenters. The molecule has 0 amide bonds. The van der Waals surface area contributed by atoms with Gasteiger partial charge < -0.3 is 15.3 Å². The lowest BCUT2D eigenvalue weighted by molar-refractivity contribution is -0.175. The maximum atomic E-state index is 12.0. The number of carbonyl (C=O) groups excluding carboxylic acids is 1. The molecule has 1 aliphatic carbocycles. The third-order valence-electron chi connectivity index (χ3n) is 3.71. The van der Waals surface area contributed by atoms with Crippen LogP contribution in [0.2, 0.25) is 0 Å². The van der Waals surface area contributed by atoms with Gasteiger partial charge in [-0.2, -0.15) is 0 Å². The lowest BCUT2D eigenvalue weighted by atomic mass is 9.55. The summed E-state index contributed by atoms with van der Waals surface area (Å²) in [5.74, 6) is -3.78. The van der Waals surface area contributed by atoms with E-state index in [0.29, 0.717) is 0 Å². The molecule has 6 nitrogen and oxygen atoms in total. The van der Waals surface area contributed by atoms with Crippen LogP contribution in [0.1, 0.15) is 19.3 Å². The zero-order valence-corrected chi connectivity index (χ0v) is 10.3. The maximum Gasteiger partial charge on any atom is 0.319 e. The molecular formula is C13H16O6. The minimum atomic E-state index is -2.11. The number of aliphatic hydroxyl groups is 1. The molecule has 0 aromatic rings. The first-order valence-corrected chi connectivity index (χ1v) is 5.81. The van der Waals surface area contributed by atoms with Crippen molar-refractivity contribution in [1.82, 2.24) is 0 Å². The Morgan fingerprint density at radius 1 is 1.26 bits per heavy atom. The molecule has 0 spiro atoms. The zero-order chi connectivity index (χ0) is 14.7. The van der Waals surface area contributed by atoms with E-state index in [-0.39, 0.29) is 19.3 Å². The second-order valence-electron chi connectivity index (χ2n) is 4.47. The second kappa shape index (κ2) is 5.36. The molecule has 0 heterocycles. The quantitative estimate of drug-likeness (QED) is 0.370. The lowest BCUT2D eigenvalue weighted by Crippen LogP contribution is -2.57. The Morgan fingerprint density at radius 3 is 2.32 bits per heavy atom. The summed E-state index contributed by atoms with van der Waals surface area (Å²) >= 11 is 0. The largest absolute Gasteiger partial charge is 0.481 e. The number of allylic oxidation sites excluding steroid dienone is 2. The Bertz CT molecular complexity index is 452. The molecule has 6 heteroatoms. The summed E-state index contributed by atoms with van der Waals surface area (Å²) in [6, 6.07) is 0. The summed E-state index contributed by atoms with van der Waals surface area (Å²) in [6.07, 6.45) is 3.39. The van der Waals surface area contributed by atoms with Gasteiger partial charge in [0.25, 0.3) is 0 Å². The Balaban J connectivity index is 3.60. The van der Waals surface area contributed by atoms with Crippen LogP contribution in [0.15, 0.2) is 24.8 Å². The van der Waals surface area contributed by atoms with Crippen LogP contribution in [0.4, 0.5) is 0 Å². The molecule has 0 saturated heterocycles. The van der Waals surface area contributed by atoms with Crippen molar-refractivity contribution in [2.75, 3.05) is 6.61 Å². The van der Waals surface area contributed by atoms with Gasteiger partial charge in [0.05, 0.1) is 0 Å². The first-order chi connectivity index (χ1) is 8.89. The summed E-state index contributed by atoms with van der Waals surface area (Å²) in [5, 5.41) is 28.0. The van der Waals surface area contributed by atoms with Gasteiger partial charge in [-0.3, -0.25) is 14.4 Å². The van der Waals surface area contributed by atoms with Crippen molar-refractivity contribution in [3.05, 3.63) is 24.8 Å². The van der Waals surface area contributed by atoms with E-state index in [1.165, 1.54) is 12.2 Å². The van der Waals surface area contributed by atoms with Gasteiger partial charge in [0.2, 0.25) is 0 Å². The second-order valence-corrected chi connectivity index (χ2v) is 4.47. The molecule has 1 aliphatic rings. The average molecular weight is 268 g/mol. The molecule has 0 bridgehead atoms. The van der Waals surface area contributed by atoms with Crippen LogP contribution in [-0.2, 0) is 14.4 Å². The maximum absolute atomic E-state index is 12.0. The van der Waals surface area contributed by atoms with Crippen molar-refractivity contribution in [1.29, 1.82) is 0 Å². The van der Waals surface area contributed by atoms with Crippen molar-refractivity contribution in [2.24, 2.45) is 10.8 Å². The highest BCUT2D eigenvalue weighted by Gasteiger charge is 2.64. The van der Waals surface area contributed by atoms with E-state index in [1.54, 1.807) is 0 Å². The van der Waals surface area contributed by atoms with Crippen molar-refractivity contribution < 1.29 is 29.7 Å². The molecule has 0 aliphatic heterocycles. The van der Waals surface area contributed by atoms with Crippen LogP contribution in [0.3, 0.4) is 0 Å². The number of hydrogen-bond acceptors (Lipinski definition) is 4. The Labute approximate surface area is 110 Å². The smallest absolute Gasteiger partial charge is 0.319 e. The molecule has 0 saturated carbocycles. The molecule has 0 radical (unpaired) electrons. The Hall–Kier alpha value is -1.95. The van der Waals surface area contributed by atoms with Crippen molar-refractivity contribution in [3.63, 3.8) is 0 Å². The highest BCUT2D eigenvalue weighted by molar-refractivity contribution is 6.13. The van der Waals surface area contributed by atoms with Gasteiger partial charge in [-0.1, -0.05) is 18.7 Å². The van der Waals surface area contributed by atoms with Gasteiger partial charge in [0.1, 0.15) is 10.8 Å². The van der Waals surface area contributed by atoms with E-state index in [0.717, 1.165) is 6.08 Å². The average Bonchev–Trinajstić information content (AvgIpc) is 2.38. The first kappa shape index (κ1) is 15.1. The van der Waals surface area contributed by atoms with Crippen LogP contribution < -0.4 is 0 Å². The monoisotopic (exact) mass is 268 g/mol. The SMILES string of the molecule is C=CC(=O)C1(C(=O)O)CCC=CC1(CCO)C(=O)O. The molecule has 104 valence electrons. The number of carboxylic acid groups (broad SMARTS) is 2. The Morgan fingerprint density at radius 2 is 1.89 bits per heavy atom. The standard InChI is InChI=1S/C13H16O6/c1-2-9(15)13(11(18)19)6-4-3-5-12(13,7-8-14)10(16)17/h2-3,5,14H,1,4,6-8H2,(H,16,17)(H,18,19). The third-order valence-corrected chi connectivity index (χ3v) is 3.71. The number of aliphatic hydroxyl groups excluding tert-OH is 1. The molecule has 0 fully saturated rings. The van der Waals surface area contributed by atoms with Gasteiger partial charge in [-0.15, -0.1) is 0 Å². The lowest BCUT2D eigenvalue weighted by Gasteiger charge is -2.43. The normalized spacial score (nSPS) is 29.7. The van der Waals surface area contributed by atoms with E-state index >= 15 is 0 Å². The van der Waals surface area contributed by atoms with Crippen LogP contribution >= 0.6 is 0 Å². The van der Waals surface area contributed by atoms with Gasteiger partial charge in [-0.05, 0) is 25.3 Å². The van der Waals surface area contributed by atoms with Gasteiger partial charge in [-0.25, -0.2) is 0 Å². The summed E-state index contributed by atoms with van der Waals surface area (Å²) in [6.45, 7) is 2.72. The summed E-state index contributed by atoms with van der Waals surface area (Å²) < 4.78 is 0. The summed E-state index contributed by atoms with van der Waals surface area (Å²) in [7, 11) is 0. The zero-order valence-electron chi connectivity index (χ0n) is 10.3. The fourth-order valence-electron chi connectivity index (χ4n) is 2.70. The van der Waals surface area contributed by atoms with Crippen LogP contribution in [0.25, 0.3) is 0 Å². The predicted octanol–water partition coefficient (Wildman–Crippen LogP) is 0.616. The molecule has 0 aromatic heterocycles. The number of rotatable bonds is 6. The number of aliphatic carboxylic acids is 2. The van der Waals surface area contributed by atoms with E-state index in [4.69, 9.17) is 5.11 Å².